The van der Waals surface area contributed by atoms with E-state index in [9.17, 15) is 26.4 Å². The molecular weight excluding hydrogens is 1280 g/mol. The molecule has 0 unspecified atom stereocenters. The Balaban J connectivity index is 0.000000192. The molecule has 4 aromatic rings. The van der Waals surface area contributed by atoms with Gasteiger partial charge in [0, 0.05) is 86.6 Å². The molecule has 0 saturated heterocycles. The maximum absolute atomic E-state index is 13.6. The number of methoxy groups -OCH3 is 4. The molecule has 0 aromatic heterocycles. The topological polar surface area (TPSA) is 207 Å². The Morgan fingerprint density at radius 1 is 0.553 bits per heavy atom. The highest BCUT2D eigenvalue weighted by molar-refractivity contribution is 7.91. The number of hydrogen-bond acceptors (Lipinski definition) is 16. The summed E-state index contributed by atoms with van der Waals surface area (Å²) < 4.78 is 106. The van der Waals surface area contributed by atoms with E-state index in [1.54, 1.807) is 38.5 Å². The Labute approximate surface area is 566 Å². The van der Waals surface area contributed by atoms with Gasteiger partial charge in [0.05, 0.1) is 76.4 Å². The molecular formula is C72H94Cl2N4O14S2. The molecule has 2 N–H and O–H groups in total. The number of hydrogen-bond donors (Lipinski definition) is 2. The summed E-state index contributed by atoms with van der Waals surface area (Å²) in [4.78, 5) is 32.0. The maximum Gasteiger partial charge on any atom is 0.264 e. The molecule has 512 valence electrons. The number of amides is 2. The summed E-state index contributed by atoms with van der Waals surface area (Å²) in [6, 6.07) is 22.9. The number of carbonyl (C=O) groups is 2. The normalized spacial score (nSPS) is 31.0. The Morgan fingerprint density at radius 2 is 0.979 bits per heavy atom. The molecule has 8 aliphatic rings. The summed E-state index contributed by atoms with van der Waals surface area (Å²) in [7, 11) is -1.84. The second-order valence-electron chi connectivity index (χ2n) is 27.5. The third kappa shape index (κ3) is 15.5. The van der Waals surface area contributed by atoms with E-state index in [0.29, 0.717) is 88.9 Å². The van der Waals surface area contributed by atoms with Crippen molar-refractivity contribution in [1.82, 2.24) is 9.44 Å². The number of ether oxygens (including phenoxy) is 8. The van der Waals surface area contributed by atoms with E-state index >= 15 is 0 Å². The zero-order chi connectivity index (χ0) is 66.4. The number of carbonyl (C=O) groups excluding carboxylic acids is 2. The number of rotatable bonds is 12. The summed E-state index contributed by atoms with van der Waals surface area (Å²) in [5, 5.41) is -0.361. The van der Waals surface area contributed by atoms with Gasteiger partial charge in [0.15, 0.2) is 0 Å². The van der Waals surface area contributed by atoms with Crippen LogP contribution in [0, 0.1) is 35.5 Å². The molecule has 2 fully saturated rings. The van der Waals surface area contributed by atoms with E-state index in [2.05, 4.69) is 55.7 Å². The number of fused-ring (bicyclic) bond motifs is 8. The van der Waals surface area contributed by atoms with Gasteiger partial charge in [0.1, 0.15) is 22.0 Å². The lowest BCUT2D eigenvalue weighted by atomic mass is 9.68. The monoisotopic (exact) mass is 1370 g/mol. The maximum atomic E-state index is 13.6. The number of nitrogens with zero attached hydrogens (tertiary/aromatic N) is 2. The predicted octanol–water partition coefficient (Wildman–Crippen LogP) is 11.1. The Kier molecular flexibility index (Phi) is 22.9. The van der Waals surface area contributed by atoms with Crippen LogP contribution >= 0.6 is 23.2 Å². The van der Waals surface area contributed by atoms with Crippen molar-refractivity contribution in [3.8, 4) is 11.5 Å². The van der Waals surface area contributed by atoms with Crippen LogP contribution in [0.1, 0.15) is 121 Å². The number of aryl methyl sites for hydroxylation is 2. The molecule has 2 spiro atoms. The molecule has 2 saturated carbocycles. The van der Waals surface area contributed by atoms with Gasteiger partial charge in [-0.1, -0.05) is 73.5 Å². The largest absolute Gasteiger partial charge is 0.490 e. The standard InChI is InChI=1S/2C36H47ClN2O7S/c2*1-24-6-4-8-32(45-17-16-43-2)29-12-9-27(29)20-39-22-36(15-5-7-25-18-28(37)11-13-30(25)36)23-46-33-14-10-26(19-31(33)39)35(40)38-47(41,42)34(24)21-44-3/h2*4,8,10-11,13-14,18-19,24,27,29,32,34H,5-7,9,12,15-17,20-23H2,1-3H3,(H,38,40)/b2*8-4+/t24-,27-,29+,32-,34+,36-;24-,27-,29+,32-,34-,36-/m00/s1. The van der Waals surface area contributed by atoms with Gasteiger partial charge in [0.25, 0.3) is 11.8 Å². The Bertz CT molecular complexity index is 3400. The van der Waals surface area contributed by atoms with E-state index in [1.165, 1.54) is 36.5 Å². The fraction of sp³-hybridized carbons (Fsp3) is 0.583. The van der Waals surface area contributed by atoms with Gasteiger partial charge in [-0.25, -0.2) is 26.3 Å². The van der Waals surface area contributed by atoms with Gasteiger partial charge in [-0.15, -0.1) is 0 Å². The first-order chi connectivity index (χ1) is 45.3. The van der Waals surface area contributed by atoms with Crippen LogP contribution in [0.3, 0.4) is 0 Å². The number of anilines is 2. The molecule has 4 aromatic carbocycles. The lowest BCUT2D eigenvalue weighted by molar-refractivity contribution is -0.0310. The van der Waals surface area contributed by atoms with E-state index in [4.69, 9.17) is 61.1 Å². The minimum Gasteiger partial charge on any atom is -0.490 e. The Morgan fingerprint density at radius 3 is 1.36 bits per heavy atom. The van der Waals surface area contributed by atoms with Crippen molar-refractivity contribution in [2.24, 2.45) is 35.5 Å². The van der Waals surface area contributed by atoms with Crippen molar-refractivity contribution < 1.29 is 64.3 Å². The molecule has 22 heteroatoms. The highest BCUT2D eigenvalue weighted by Gasteiger charge is 2.48. The van der Waals surface area contributed by atoms with Crippen molar-refractivity contribution in [3.05, 3.63) is 141 Å². The van der Waals surface area contributed by atoms with Crippen LogP contribution in [0.5, 0.6) is 11.5 Å². The fourth-order valence-electron chi connectivity index (χ4n) is 15.9. The molecule has 12 rings (SSSR count). The quantitative estimate of drug-likeness (QED) is 0.0999. The van der Waals surface area contributed by atoms with E-state index in [1.807, 2.05) is 50.3 Å². The first-order valence-corrected chi connectivity index (χ1v) is 37.4. The third-order valence-electron chi connectivity index (χ3n) is 21.4. The minimum absolute atomic E-state index is 0.0311. The number of halogens is 2. The van der Waals surface area contributed by atoms with Crippen LogP contribution in [-0.4, -0.2) is 159 Å². The van der Waals surface area contributed by atoms with Crippen molar-refractivity contribution >= 4 is 66.4 Å². The number of nitrogens with one attached hydrogen (secondary N) is 2. The van der Waals surface area contributed by atoms with Crippen LogP contribution in [0.4, 0.5) is 11.4 Å². The average Bonchev–Trinajstić information content (AvgIpc) is 1.51. The summed E-state index contributed by atoms with van der Waals surface area (Å²) >= 11 is 12.9. The molecule has 4 heterocycles. The number of allylic oxidation sites excluding steroid dienone is 2. The third-order valence-corrected chi connectivity index (χ3v) is 25.6. The van der Waals surface area contributed by atoms with Crippen LogP contribution < -0.4 is 28.7 Å². The predicted molar refractivity (Wildman–Crippen MR) is 366 cm³/mol. The molecule has 4 aliphatic heterocycles. The lowest BCUT2D eigenvalue weighted by Crippen LogP contribution is -2.49. The van der Waals surface area contributed by atoms with Crippen LogP contribution in [0.25, 0.3) is 0 Å². The van der Waals surface area contributed by atoms with Crippen LogP contribution in [-0.2, 0) is 72.1 Å². The van der Waals surface area contributed by atoms with Crippen LogP contribution in [0.15, 0.2) is 97.1 Å². The summed E-state index contributed by atoms with van der Waals surface area (Å²) in [5.41, 5.74) is 6.69. The number of sulfonamides is 2. The van der Waals surface area contributed by atoms with Crippen LogP contribution in [0.2, 0.25) is 10.0 Å². The minimum atomic E-state index is -4.06. The number of benzene rings is 4. The van der Waals surface area contributed by atoms with Gasteiger partial charge in [0.2, 0.25) is 20.0 Å². The highest BCUT2D eigenvalue weighted by Crippen LogP contribution is 2.50. The SMILES string of the molecule is COCCO[C@H]1/C=C/C[C@H](C)[C@@H](COC)S(=O)(=O)NC(=O)c2ccc3c(c2)N(C[C@@H]2CC[C@H]21)C[C@@]1(CCCc2cc(Cl)ccc21)CO3.COCCO[C@H]1/C=C/C[C@H](C)[C@H](COC)S(=O)(=O)NC(=O)c2ccc3c(c2)N(C[C@@H]2CC[C@H]21)C[C@@]1(CCCc2cc(Cl)ccc21)CO3. The molecule has 18 nitrogen and oxygen atoms in total. The molecule has 0 radical (unpaired) electrons. The first kappa shape index (κ1) is 70.1. The molecule has 12 atom stereocenters. The van der Waals surface area contributed by atoms with E-state index < -0.39 is 42.4 Å². The van der Waals surface area contributed by atoms with Gasteiger partial charge < -0.3 is 47.7 Å². The molecule has 94 heavy (non-hydrogen) atoms. The zero-order valence-corrected chi connectivity index (χ0v) is 58.3. The van der Waals surface area contributed by atoms with Gasteiger partial charge in [-0.05, 0) is 195 Å². The van der Waals surface area contributed by atoms with Crippen molar-refractivity contribution in [1.29, 1.82) is 0 Å². The van der Waals surface area contributed by atoms with Crippen molar-refractivity contribution in [3.63, 3.8) is 0 Å². The zero-order valence-electron chi connectivity index (χ0n) is 55.2. The van der Waals surface area contributed by atoms with Crippen molar-refractivity contribution in [2.75, 3.05) is 117 Å². The summed E-state index contributed by atoms with van der Waals surface area (Å²) in [6.45, 7) is 9.58. The highest BCUT2D eigenvalue weighted by atomic mass is 35.5. The molecule has 4 bridgehead atoms. The fourth-order valence-corrected chi connectivity index (χ4v) is 19.4. The smallest absolute Gasteiger partial charge is 0.264 e. The molecule has 2 amide bonds. The molecule has 4 aliphatic carbocycles. The van der Waals surface area contributed by atoms with Gasteiger partial charge >= 0.3 is 0 Å². The van der Waals surface area contributed by atoms with E-state index in [0.717, 1.165) is 98.7 Å². The second-order valence-corrected chi connectivity index (χ2v) is 32.1. The van der Waals surface area contributed by atoms with Gasteiger partial charge in [-0.2, -0.15) is 0 Å². The Hall–Kier alpha value is -5.26. The van der Waals surface area contributed by atoms with E-state index in [-0.39, 0.29) is 71.1 Å². The second kappa shape index (κ2) is 30.7. The lowest BCUT2D eigenvalue weighted by Gasteiger charge is -2.46. The average molecular weight is 1370 g/mol. The van der Waals surface area contributed by atoms with Crippen molar-refractivity contribution in [2.45, 2.75) is 124 Å². The first-order valence-electron chi connectivity index (χ1n) is 33.5. The summed E-state index contributed by atoms with van der Waals surface area (Å²) in [6.07, 6.45) is 19.2. The summed E-state index contributed by atoms with van der Waals surface area (Å²) in [5.74, 6) is 0.747. The van der Waals surface area contributed by atoms with Gasteiger partial charge in [-0.3, -0.25) is 9.59 Å².